The lowest BCUT2D eigenvalue weighted by Crippen LogP contribution is -2.01. The summed E-state index contributed by atoms with van der Waals surface area (Å²) in [5.74, 6) is 0. The molecule has 2 heteroatoms. The number of benzene rings is 2. The van der Waals surface area contributed by atoms with Crippen LogP contribution in [0, 0.1) is 6.92 Å². The average molecular weight is 274 g/mol. The molecular formula is C19H18N2. The van der Waals surface area contributed by atoms with Crippen LogP contribution >= 0.6 is 0 Å². The first-order valence-electron chi connectivity index (χ1n) is 7.12. The van der Waals surface area contributed by atoms with Crippen molar-refractivity contribution in [3.8, 4) is 11.1 Å². The predicted octanol–water partition coefficient (Wildman–Crippen LogP) is 4.67. The van der Waals surface area contributed by atoms with E-state index >= 15 is 0 Å². The molecular weight excluding hydrogens is 256 g/mol. The number of pyridine rings is 1. The second-order valence-corrected chi connectivity index (χ2v) is 5.10. The van der Waals surface area contributed by atoms with Gasteiger partial charge in [0.05, 0.1) is 0 Å². The highest BCUT2D eigenvalue weighted by Crippen LogP contribution is 2.21. The first-order valence-corrected chi connectivity index (χ1v) is 7.12. The van der Waals surface area contributed by atoms with Crippen LogP contribution < -0.4 is 5.32 Å². The van der Waals surface area contributed by atoms with Crippen LogP contribution in [0.3, 0.4) is 0 Å². The summed E-state index contributed by atoms with van der Waals surface area (Å²) in [6, 6.07) is 21.0. The summed E-state index contributed by atoms with van der Waals surface area (Å²) in [7, 11) is 0. The zero-order valence-corrected chi connectivity index (χ0v) is 12.1. The zero-order valence-electron chi connectivity index (χ0n) is 12.1. The molecule has 0 radical (unpaired) electrons. The third kappa shape index (κ3) is 3.29. The van der Waals surface area contributed by atoms with Crippen molar-refractivity contribution in [3.05, 3.63) is 84.2 Å². The molecule has 3 rings (SSSR count). The Bertz CT molecular complexity index is 703. The molecule has 0 unspecified atom stereocenters. The van der Waals surface area contributed by atoms with Crippen LogP contribution in [0.4, 0.5) is 5.69 Å². The second kappa shape index (κ2) is 6.23. The van der Waals surface area contributed by atoms with E-state index in [1.165, 1.54) is 22.3 Å². The summed E-state index contributed by atoms with van der Waals surface area (Å²) in [6.07, 6.45) is 3.74. The molecule has 0 aliphatic carbocycles. The van der Waals surface area contributed by atoms with E-state index in [0.717, 1.165) is 12.2 Å². The molecule has 1 aromatic heterocycles. The van der Waals surface area contributed by atoms with Gasteiger partial charge in [-0.3, -0.25) is 4.98 Å². The van der Waals surface area contributed by atoms with Crippen molar-refractivity contribution >= 4 is 5.69 Å². The number of nitrogens with zero attached hydrogens (tertiary/aromatic N) is 1. The molecule has 104 valence electrons. The van der Waals surface area contributed by atoms with Crippen molar-refractivity contribution in [2.45, 2.75) is 13.5 Å². The summed E-state index contributed by atoms with van der Waals surface area (Å²) in [6.45, 7) is 2.90. The van der Waals surface area contributed by atoms with Crippen LogP contribution in [0.1, 0.15) is 11.1 Å². The topological polar surface area (TPSA) is 24.9 Å². The van der Waals surface area contributed by atoms with Crippen LogP contribution in [0.25, 0.3) is 11.1 Å². The summed E-state index contributed by atoms with van der Waals surface area (Å²) >= 11 is 0. The summed E-state index contributed by atoms with van der Waals surface area (Å²) < 4.78 is 0. The molecule has 0 atom stereocenters. The predicted molar refractivity (Wildman–Crippen MR) is 88.2 cm³/mol. The fraction of sp³-hybridized carbons (Fsp3) is 0.105. The number of hydrogen-bond acceptors (Lipinski definition) is 2. The minimum Gasteiger partial charge on any atom is -0.381 e. The normalized spacial score (nSPS) is 10.3. The van der Waals surface area contributed by atoms with E-state index in [1.54, 1.807) is 0 Å². The first kappa shape index (κ1) is 13.4. The van der Waals surface area contributed by atoms with Gasteiger partial charge in [0.2, 0.25) is 0 Å². The largest absolute Gasteiger partial charge is 0.381 e. The van der Waals surface area contributed by atoms with Gasteiger partial charge >= 0.3 is 0 Å². The summed E-state index contributed by atoms with van der Waals surface area (Å²) in [4.78, 5) is 4.17. The van der Waals surface area contributed by atoms with Gasteiger partial charge in [0.25, 0.3) is 0 Å². The maximum absolute atomic E-state index is 4.17. The van der Waals surface area contributed by atoms with Gasteiger partial charge in [0.1, 0.15) is 0 Å². The molecule has 0 aliphatic rings. The van der Waals surface area contributed by atoms with Gasteiger partial charge in [-0.15, -0.1) is 0 Å². The van der Waals surface area contributed by atoms with Crippen molar-refractivity contribution in [1.29, 1.82) is 0 Å². The van der Waals surface area contributed by atoms with Crippen LogP contribution in [-0.4, -0.2) is 4.98 Å². The maximum Gasteiger partial charge on any atom is 0.0418 e. The molecule has 1 N–H and O–H groups in total. The Morgan fingerprint density at radius 3 is 2.29 bits per heavy atom. The number of aryl methyl sites for hydroxylation is 1. The molecule has 0 fully saturated rings. The molecule has 0 bridgehead atoms. The third-order valence-corrected chi connectivity index (χ3v) is 3.62. The van der Waals surface area contributed by atoms with Gasteiger partial charge in [0.15, 0.2) is 0 Å². The Hall–Kier alpha value is -2.61. The van der Waals surface area contributed by atoms with Crippen molar-refractivity contribution < 1.29 is 0 Å². The van der Waals surface area contributed by atoms with Crippen LogP contribution in [0.5, 0.6) is 0 Å². The maximum atomic E-state index is 4.17. The smallest absolute Gasteiger partial charge is 0.0418 e. The van der Waals surface area contributed by atoms with E-state index < -0.39 is 0 Å². The van der Waals surface area contributed by atoms with Crippen molar-refractivity contribution in [3.63, 3.8) is 0 Å². The lowest BCUT2D eigenvalue weighted by atomic mass is 10.1. The van der Waals surface area contributed by atoms with E-state index in [9.17, 15) is 0 Å². The van der Waals surface area contributed by atoms with E-state index in [1.807, 2.05) is 24.5 Å². The molecule has 0 spiro atoms. The van der Waals surface area contributed by atoms with E-state index in [4.69, 9.17) is 0 Å². The van der Waals surface area contributed by atoms with Gasteiger partial charge in [-0.25, -0.2) is 0 Å². The van der Waals surface area contributed by atoms with Crippen LogP contribution in [0.2, 0.25) is 0 Å². The fourth-order valence-electron chi connectivity index (χ4n) is 2.29. The first-order chi connectivity index (χ1) is 10.3. The highest BCUT2D eigenvalue weighted by molar-refractivity contribution is 5.65. The molecule has 0 amide bonds. The fourth-order valence-corrected chi connectivity index (χ4v) is 2.29. The highest BCUT2D eigenvalue weighted by Gasteiger charge is 1.99. The molecule has 2 nitrogen and oxygen atoms in total. The Morgan fingerprint density at radius 1 is 0.857 bits per heavy atom. The Balaban J connectivity index is 1.69. The zero-order chi connectivity index (χ0) is 14.5. The number of hydrogen-bond donors (Lipinski definition) is 1. The molecule has 21 heavy (non-hydrogen) atoms. The Kier molecular flexibility index (Phi) is 3.97. The molecule has 2 aromatic carbocycles. The molecule has 0 saturated carbocycles. The van der Waals surface area contributed by atoms with Gasteiger partial charge in [-0.05, 0) is 47.4 Å². The minimum atomic E-state index is 0.796. The summed E-state index contributed by atoms with van der Waals surface area (Å²) in [5, 5.41) is 3.44. The standard InChI is InChI=1S/C19H18N2/c1-15-11-12-20-13-18(15)14-21-19-9-7-17(8-10-19)16-5-3-2-4-6-16/h2-13,21H,14H2,1H3. The van der Waals surface area contributed by atoms with Crippen LogP contribution in [-0.2, 0) is 6.54 Å². The monoisotopic (exact) mass is 274 g/mol. The lowest BCUT2D eigenvalue weighted by Gasteiger charge is -2.09. The number of aromatic nitrogens is 1. The number of nitrogens with one attached hydrogen (secondary N) is 1. The Labute approximate surface area is 125 Å². The minimum absolute atomic E-state index is 0.796. The van der Waals surface area contributed by atoms with Crippen molar-refractivity contribution in [1.82, 2.24) is 4.98 Å². The molecule has 0 aliphatic heterocycles. The van der Waals surface area contributed by atoms with E-state index in [0.29, 0.717) is 0 Å². The van der Waals surface area contributed by atoms with E-state index in [2.05, 4.69) is 65.8 Å². The Morgan fingerprint density at radius 2 is 1.57 bits per heavy atom. The van der Waals surface area contributed by atoms with E-state index in [-0.39, 0.29) is 0 Å². The number of rotatable bonds is 4. The molecule has 0 saturated heterocycles. The van der Waals surface area contributed by atoms with Gasteiger partial charge in [0, 0.05) is 24.6 Å². The average Bonchev–Trinajstić information content (AvgIpc) is 2.55. The van der Waals surface area contributed by atoms with Crippen molar-refractivity contribution in [2.24, 2.45) is 0 Å². The lowest BCUT2D eigenvalue weighted by molar-refractivity contribution is 1.08. The number of anilines is 1. The van der Waals surface area contributed by atoms with Gasteiger partial charge in [-0.2, -0.15) is 0 Å². The second-order valence-electron chi connectivity index (χ2n) is 5.10. The van der Waals surface area contributed by atoms with Gasteiger partial charge in [-0.1, -0.05) is 42.5 Å². The molecule has 3 aromatic rings. The van der Waals surface area contributed by atoms with Crippen molar-refractivity contribution in [2.75, 3.05) is 5.32 Å². The third-order valence-electron chi connectivity index (χ3n) is 3.62. The quantitative estimate of drug-likeness (QED) is 0.748. The summed E-state index contributed by atoms with van der Waals surface area (Å²) in [5.41, 5.74) is 6.09. The van der Waals surface area contributed by atoms with Crippen LogP contribution in [0.15, 0.2) is 73.1 Å². The highest BCUT2D eigenvalue weighted by atomic mass is 14.9. The molecule has 1 heterocycles. The SMILES string of the molecule is Cc1ccncc1CNc1ccc(-c2ccccc2)cc1. The van der Waals surface area contributed by atoms with Gasteiger partial charge < -0.3 is 5.32 Å².